The standard InChI is InChI=1S/C17H22ClN5O/c1-3-15(17(24)22-11-5-4-6-12(22)2)23-20-16(19-21-23)13-7-9-14(18)10-8-13/h7-10,12,15H,3-6,11H2,1-2H3. The molecule has 0 radical (unpaired) electrons. The quantitative estimate of drug-likeness (QED) is 0.850. The van der Waals surface area contributed by atoms with Crippen LogP contribution >= 0.6 is 11.6 Å². The molecule has 1 saturated heterocycles. The third-order valence-electron chi connectivity index (χ3n) is 4.57. The molecule has 0 bridgehead atoms. The highest BCUT2D eigenvalue weighted by Gasteiger charge is 2.31. The summed E-state index contributed by atoms with van der Waals surface area (Å²) in [5, 5.41) is 13.3. The molecule has 2 heterocycles. The summed E-state index contributed by atoms with van der Waals surface area (Å²) >= 11 is 5.91. The number of hydrogen-bond donors (Lipinski definition) is 0. The average Bonchev–Trinajstić information content (AvgIpc) is 3.06. The van der Waals surface area contributed by atoms with Gasteiger partial charge in [-0.3, -0.25) is 4.79 Å². The first-order valence-electron chi connectivity index (χ1n) is 8.46. The lowest BCUT2D eigenvalue weighted by Crippen LogP contribution is -2.45. The second-order valence-corrected chi connectivity index (χ2v) is 6.68. The van der Waals surface area contributed by atoms with Crippen molar-refractivity contribution in [1.29, 1.82) is 0 Å². The maximum Gasteiger partial charge on any atom is 0.249 e. The smallest absolute Gasteiger partial charge is 0.249 e. The van der Waals surface area contributed by atoms with E-state index in [0.717, 1.165) is 24.9 Å². The van der Waals surface area contributed by atoms with Crippen molar-refractivity contribution in [2.75, 3.05) is 6.54 Å². The predicted molar refractivity (Wildman–Crippen MR) is 92.6 cm³/mol. The molecule has 24 heavy (non-hydrogen) atoms. The fraction of sp³-hybridized carbons (Fsp3) is 0.529. The predicted octanol–water partition coefficient (Wildman–Crippen LogP) is 3.35. The van der Waals surface area contributed by atoms with Crippen LogP contribution in [0.5, 0.6) is 0 Å². The fourth-order valence-corrected chi connectivity index (χ4v) is 3.25. The molecule has 6 nitrogen and oxygen atoms in total. The van der Waals surface area contributed by atoms with Crippen LogP contribution in [0.25, 0.3) is 11.4 Å². The Morgan fingerprint density at radius 2 is 2.08 bits per heavy atom. The summed E-state index contributed by atoms with van der Waals surface area (Å²) in [4.78, 5) is 16.3. The highest BCUT2D eigenvalue weighted by atomic mass is 35.5. The first kappa shape index (κ1) is 16.9. The van der Waals surface area contributed by atoms with Crippen molar-refractivity contribution >= 4 is 17.5 Å². The zero-order chi connectivity index (χ0) is 17.1. The van der Waals surface area contributed by atoms with E-state index in [2.05, 4.69) is 22.3 Å². The van der Waals surface area contributed by atoms with Gasteiger partial charge < -0.3 is 4.90 Å². The summed E-state index contributed by atoms with van der Waals surface area (Å²) in [5.74, 6) is 0.592. The molecule has 3 rings (SSSR count). The molecular formula is C17H22ClN5O. The van der Waals surface area contributed by atoms with Crippen LogP contribution in [0.1, 0.15) is 45.6 Å². The summed E-state index contributed by atoms with van der Waals surface area (Å²) in [7, 11) is 0. The summed E-state index contributed by atoms with van der Waals surface area (Å²) in [6, 6.07) is 7.14. The second kappa shape index (κ2) is 7.30. The van der Waals surface area contributed by atoms with Gasteiger partial charge in [0.05, 0.1) is 0 Å². The van der Waals surface area contributed by atoms with Crippen LogP contribution in [0.15, 0.2) is 24.3 Å². The van der Waals surface area contributed by atoms with Gasteiger partial charge in [-0.05, 0) is 62.1 Å². The number of carbonyl (C=O) groups excluding carboxylic acids is 1. The number of rotatable bonds is 4. The molecule has 1 fully saturated rings. The summed E-state index contributed by atoms with van der Waals surface area (Å²) < 4.78 is 0. The Hall–Kier alpha value is -1.95. The molecule has 0 spiro atoms. The molecule has 2 aromatic rings. The molecule has 0 N–H and O–H groups in total. The number of hydrogen-bond acceptors (Lipinski definition) is 4. The van der Waals surface area contributed by atoms with Crippen LogP contribution in [-0.2, 0) is 4.79 Å². The number of halogens is 1. The van der Waals surface area contributed by atoms with Crippen LogP contribution in [0, 0.1) is 0 Å². The molecule has 128 valence electrons. The zero-order valence-corrected chi connectivity index (χ0v) is 14.8. The van der Waals surface area contributed by atoms with Gasteiger partial charge in [0.1, 0.15) is 0 Å². The highest BCUT2D eigenvalue weighted by molar-refractivity contribution is 6.30. The largest absolute Gasteiger partial charge is 0.338 e. The second-order valence-electron chi connectivity index (χ2n) is 6.24. The maximum atomic E-state index is 12.9. The van der Waals surface area contributed by atoms with E-state index in [1.165, 1.54) is 11.2 Å². The van der Waals surface area contributed by atoms with Crippen LogP contribution in [-0.4, -0.2) is 43.6 Å². The van der Waals surface area contributed by atoms with Crippen molar-refractivity contribution in [3.8, 4) is 11.4 Å². The normalized spacial score (nSPS) is 19.3. The third-order valence-corrected chi connectivity index (χ3v) is 4.82. The van der Waals surface area contributed by atoms with E-state index in [0.29, 0.717) is 17.3 Å². The molecule has 1 aliphatic heterocycles. The molecule has 1 amide bonds. The minimum absolute atomic E-state index is 0.0877. The van der Waals surface area contributed by atoms with Crippen LogP contribution < -0.4 is 0 Å². The van der Waals surface area contributed by atoms with E-state index in [9.17, 15) is 4.79 Å². The van der Waals surface area contributed by atoms with E-state index in [1.54, 1.807) is 12.1 Å². The van der Waals surface area contributed by atoms with E-state index in [1.807, 2.05) is 24.0 Å². The molecular weight excluding hydrogens is 326 g/mol. The van der Waals surface area contributed by atoms with Crippen molar-refractivity contribution in [2.24, 2.45) is 0 Å². The average molecular weight is 348 g/mol. The summed E-state index contributed by atoms with van der Waals surface area (Å²) in [6.45, 7) is 4.90. The Balaban J connectivity index is 1.81. The Bertz CT molecular complexity index is 699. The van der Waals surface area contributed by atoms with Gasteiger partial charge in [-0.15, -0.1) is 10.2 Å². The van der Waals surface area contributed by atoms with Gasteiger partial charge in [-0.2, -0.15) is 4.80 Å². The highest BCUT2D eigenvalue weighted by Crippen LogP contribution is 2.23. The van der Waals surface area contributed by atoms with Crippen molar-refractivity contribution < 1.29 is 4.79 Å². The Morgan fingerprint density at radius 1 is 1.33 bits per heavy atom. The van der Waals surface area contributed by atoms with Gasteiger partial charge in [0, 0.05) is 23.2 Å². The molecule has 0 aliphatic carbocycles. The van der Waals surface area contributed by atoms with Gasteiger partial charge in [0.15, 0.2) is 6.04 Å². The monoisotopic (exact) mass is 347 g/mol. The van der Waals surface area contributed by atoms with Crippen LogP contribution in [0.4, 0.5) is 0 Å². The first-order chi connectivity index (χ1) is 11.6. The number of likely N-dealkylation sites (tertiary alicyclic amines) is 1. The topological polar surface area (TPSA) is 63.9 Å². The molecule has 2 unspecified atom stereocenters. The van der Waals surface area contributed by atoms with Gasteiger partial charge >= 0.3 is 0 Å². The zero-order valence-electron chi connectivity index (χ0n) is 14.0. The number of carbonyl (C=O) groups is 1. The third kappa shape index (κ3) is 3.43. The molecule has 7 heteroatoms. The van der Waals surface area contributed by atoms with E-state index >= 15 is 0 Å². The molecule has 1 aromatic heterocycles. The first-order valence-corrected chi connectivity index (χ1v) is 8.84. The molecule has 1 aromatic carbocycles. The Kier molecular flexibility index (Phi) is 5.14. The summed E-state index contributed by atoms with van der Waals surface area (Å²) in [5.41, 5.74) is 0.833. The maximum absolute atomic E-state index is 12.9. The van der Waals surface area contributed by atoms with Crippen molar-refractivity contribution in [2.45, 2.75) is 51.6 Å². The summed E-state index contributed by atoms with van der Waals surface area (Å²) in [6.07, 6.45) is 3.94. The van der Waals surface area contributed by atoms with Crippen molar-refractivity contribution in [3.05, 3.63) is 29.3 Å². The number of nitrogens with zero attached hydrogens (tertiary/aromatic N) is 5. The van der Waals surface area contributed by atoms with Gasteiger partial charge in [-0.25, -0.2) is 0 Å². The van der Waals surface area contributed by atoms with E-state index in [-0.39, 0.29) is 11.9 Å². The lowest BCUT2D eigenvalue weighted by molar-refractivity contribution is -0.138. The van der Waals surface area contributed by atoms with Crippen molar-refractivity contribution in [3.63, 3.8) is 0 Å². The van der Waals surface area contributed by atoms with Gasteiger partial charge in [0.2, 0.25) is 11.7 Å². The van der Waals surface area contributed by atoms with E-state index < -0.39 is 6.04 Å². The Morgan fingerprint density at radius 3 is 2.75 bits per heavy atom. The molecule has 1 aliphatic rings. The SMILES string of the molecule is CCC(C(=O)N1CCCCC1C)n1nnc(-c2ccc(Cl)cc2)n1. The van der Waals surface area contributed by atoms with Gasteiger partial charge in [0.25, 0.3) is 0 Å². The molecule has 2 atom stereocenters. The van der Waals surface area contributed by atoms with Crippen LogP contribution in [0.2, 0.25) is 5.02 Å². The van der Waals surface area contributed by atoms with Gasteiger partial charge in [-0.1, -0.05) is 18.5 Å². The van der Waals surface area contributed by atoms with E-state index in [4.69, 9.17) is 11.6 Å². The minimum Gasteiger partial charge on any atom is -0.338 e. The number of tetrazole rings is 1. The lowest BCUT2D eigenvalue weighted by atomic mass is 10.0. The fourth-order valence-electron chi connectivity index (χ4n) is 3.13. The van der Waals surface area contributed by atoms with Crippen molar-refractivity contribution in [1.82, 2.24) is 25.1 Å². The number of piperidine rings is 1. The number of amides is 1. The lowest BCUT2D eigenvalue weighted by Gasteiger charge is -2.35. The Labute approximate surface area is 146 Å². The number of aromatic nitrogens is 4. The number of benzene rings is 1. The molecule has 0 saturated carbocycles. The van der Waals surface area contributed by atoms with Crippen LogP contribution in [0.3, 0.4) is 0 Å². The minimum atomic E-state index is -0.404.